The topological polar surface area (TPSA) is 99.7 Å². The van der Waals surface area contributed by atoms with Gasteiger partial charge in [-0.25, -0.2) is 0 Å². The van der Waals surface area contributed by atoms with Crippen LogP contribution < -0.4 is 16.4 Å². The second kappa shape index (κ2) is 6.58. The highest BCUT2D eigenvalue weighted by atomic mass is 16.4. The predicted molar refractivity (Wildman–Crippen MR) is 70.4 cm³/mol. The van der Waals surface area contributed by atoms with Crippen molar-refractivity contribution in [2.75, 3.05) is 19.6 Å². The summed E-state index contributed by atoms with van der Waals surface area (Å²) in [6.07, 6.45) is 2.71. The summed E-state index contributed by atoms with van der Waals surface area (Å²) >= 11 is 0. The highest BCUT2D eigenvalue weighted by molar-refractivity contribution is 5.80. The molecular formula is C12H24N4O2. The summed E-state index contributed by atoms with van der Waals surface area (Å²) in [5.41, 5.74) is 5.60. The number of rotatable bonds is 8. The third-order valence-electron chi connectivity index (χ3n) is 3.13. The summed E-state index contributed by atoms with van der Waals surface area (Å²) < 4.78 is 0. The van der Waals surface area contributed by atoms with Crippen molar-refractivity contribution in [1.29, 1.82) is 0 Å². The number of oxime groups is 1. The standard InChI is InChI=1S/C12H24N4O2/c1-9(2)6-15-11(17)7-14-8-12(3-4-12)5-10(13)16-18/h9,14,18H,3-8H2,1-2H3,(H2,13,16)(H,15,17). The molecule has 1 rings (SSSR count). The van der Waals surface area contributed by atoms with E-state index in [-0.39, 0.29) is 17.2 Å². The van der Waals surface area contributed by atoms with Crippen LogP contribution in [0.1, 0.15) is 33.1 Å². The molecule has 1 amide bonds. The summed E-state index contributed by atoms with van der Waals surface area (Å²) in [7, 11) is 0. The van der Waals surface area contributed by atoms with Crippen LogP contribution in [0.2, 0.25) is 0 Å². The van der Waals surface area contributed by atoms with E-state index in [1.165, 1.54) is 0 Å². The Kier molecular flexibility index (Phi) is 5.40. The molecule has 0 radical (unpaired) electrons. The van der Waals surface area contributed by atoms with Crippen molar-refractivity contribution in [3.05, 3.63) is 0 Å². The van der Waals surface area contributed by atoms with E-state index < -0.39 is 0 Å². The van der Waals surface area contributed by atoms with Crippen molar-refractivity contribution in [3.63, 3.8) is 0 Å². The number of nitrogens with one attached hydrogen (secondary N) is 2. The van der Waals surface area contributed by atoms with Crippen LogP contribution >= 0.6 is 0 Å². The molecule has 1 saturated carbocycles. The molecule has 18 heavy (non-hydrogen) atoms. The van der Waals surface area contributed by atoms with E-state index in [0.717, 1.165) is 19.4 Å². The van der Waals surface area contributed by atoms with Crippen LogP contribution in [-0.2, 0) is 4.79 Å². The molecule has 5 N–H and O–H groups in total. The lowest BCUT2D eigenvalue weighted by molar-refractivity contribution is -0.120. The number of carbonyl (C=O) groups excluding carboxylic acids is 1. The molecule has 0 aliphatic heterocycles. The van der Waals surface area contributed by atoms with Crippen molar-refractivity contribution in [1.82, 2.24) is 10.6 Å². The third-order valence-corrected chi connectivity index (χ3v) is 3.13. The Labute approximate surface area is 108 Å². The van der Waals surface area contributed by atoms with Gasteiger partial charge in [0.15, 0.2) is 0 Å². The Hall–Kier alpha value is -1.30. The van der Waals surface area contributed by atoms with E-state index in [1.54, 1.807) is 0 Å². The van der Waals surface area contributed by atoms with E-state index in [1.807, 2.05) is 0 Å². The van der Waals surface area contributed by atoms with E-state index in [9.17, 15) is 4.79 Å². The van der Waals surface area contributed by atoms with Gasteiger partial charge in [0.05, 0.1) is 6.54 Å². The highest BCUT2D eigenvalue weighted by Crippen LogP contribution is 2.48. The molecule has 0 aromatic carbocycles. The van der Waals surface area contributed by atoms with Crippen molar-refractivity contribution in [2.45, 2.75) is 33.1 Å². The molecule has 0 unspecified atom stereocenters. The summed E-state index contributed by atoms with van der Waals surface area (Å²) in [5.74, 6) is 0.742. The van der Waals surface area contributed by atoms with Gasteiger partial charge in [0, 0.05) is 19.5 Å². The Morgan fingerprint density at radius 2 is 2.17 bits per heavy atom. The first-order valence-electron chi connectivity index (χ1n) is 6.41. The number of hydrogen-bond acceptors (Lipinski definition) is 4. The molecule has 6 heteroatoms. The van der Waals surface area contributed by atoms with Crippen LogP contribution in [-0.4, -0.2) is 36.6 Å². The highest BCUT2D eigenvalue weighted by Gasteiger charge is 2.42. The lowest BCUT2D eigenvalue weighted by Gasteiger charge is -2.15. The lowest BCUT2D eigenvalue weighted by atomic mass is 10.0. The zero-order valence-electron chi connectivity index (χ0n) is 11.2. The summed E-state index contributed by atoms with van der Waals surface area (Å²) in [5, 5.41) is 17.5. The molecule has 0 aromatic rings. The zero-order valence-corrected chi connectivity index (χ0v) is 11.2. The van der Waals surface area contributed by atoms with Crippen molar-refractivity contribution < 1.29 is 10.0 Å². The van der Waals surface area contributed by atoms with Gasteiger partial charge < -0.3 is 21.6 Å². The van der Waals surface area contributed by atoms with Gasteiger partial charge in [-0.1, -0.05) is 19.0 Å². The quantitative estimate of drug-likeness (QED) is 0.217. The molecule has 0 heterocycles. The Bertz CT molecular complexity index is 311. The van der Waals surface area contributed by atoms with Gasteiger partial charge in [-0.15, -0.1) is 0 Å². The number of nitrogens with two attached hydrogens (primary N) is 1. The molecule has 0 spiro atoms. The predicted octanol–water partition coefficient (Wildman–Crippen LogP) is 0.265. The number of amides is 1. The first kappa shape index (κ1) is 14.8. The Balaban J connectivity index is 2.16. The first-order valence-corrected chi connectivity index (χ1v) is 6.41. The molecule has 1 aliphatic rings. The molecule has 104 valence electrons. The average molecular weight is 256 g/mol. The van der Waals surface area contributed by atoms with Gasteiger partial charge in [-0.3, -0.25) is 4.79 Å². The smallest absolute Gasteiger partial charge is 0.233 e. The second-order valence-electron chi connectivity index (χ2n) is 5.57. The molecule has 0 saturated heterocycles. The van der Waals surface area contributed by atoms with Crippen LogP contribution in [0.4, 0.5) is 0 Å². The fraction of sp³-hybridized carbons (Fsp3) is 0.833. The van der Waals surface area contributed by atoms with E-state index in [4.69, 9.17) is 10.9 Å². The maximum Gasteiger partial charge on any atom is 0.233 e. The molecule has 6 nitrogen and oxygen atoms in total. The minimum Gasteiger partial charge on any atom is -0.409 e. The van der Waals surface area contributed by atoms with Gasteiger partial charge in [0.2, 0.25) is 5.91 Å². The van der Waals surface area contributed by atoms with Gasteiger partial charge in [0.1, 0.15) is 5.84 Å². The SMILES string of the molecule is CC(C)CNC(=O)CNCC1(CC(N)=NO)CC1. The molecule has 1 aliphatic carbocycles. The van der Waals surface area contributed by atoms with Gasteiger partial charge >= 0.3 is 0 Å². The number of carbonyl (C=O) groups is 1. The lowest BCUT2D eigenvalue weighted by Crippen LogP contribution is -2.38. The van der Waals surface area contributed by atoms with Crippen LogP contribution in [0.15, 0.2) is 5.16 Å². The summed E-state index contributed by atoms with van der Waals surface area (Å²) in [4.78, 5) is 11.5. The normalized spacial score (nSPS) is 17.8. The molecule has 0 atom stereocenters. The van der Waals surface area contributed by atoms with Crippen molar-refractivity contribution in [2.24, 2.45) is 22.2 Å². The van der Waals surface area contributed by atoms with Crippen LogP contribution in [0, 0.1) is 11.3 Å². The largest absolute Gasteiger partial charge is 0.409 e. The van der Waals surface area contributed by atoms with Gasteiger partial charge in [-0.2, -0.15) is 0 Å². The Morgan fingerprint density at radius 1 is 1.50 bits per heavy atom. The molecule has 0 aromatic heterocycles. The van der Waals surface area contributed by atoms with Crippen LogP contribution in [0.3, 0.4) is 0 Å². The van der Waals surface area contributed by atoms with E-state index in [2.05, 4.69) is 29.6 Å². The minimum atomic E-state index is 0.0169. The number of nitrogens with zero attached hydrogens (tertiary/aromatic N) is 1. The minimum absolute atomic E-state index is 0.0169. The third kappa shape index (κ3) is 5.35. The van der Waals surface area contributed by atoms with Crippen LogP contribution in [0.25, 0.3) is 0 Å². The van der Waals surface area contributed by atoms with Crippen LogP contribution in [0.5, 0.6) is 0 Å². The fourth-order valence-corrected chi connectivity index (χ4v) is 1.83. The Morgan fingerprint density at radius 3 is 2.67 bits per heavy atom. The van der Waals surface area contributed by atoms with Crippen molar-refractivity contribution >= 4 is 11.7 Å². The van der Waals surface area contributed by atoms with Crippen molar-refractivity contribution in [3.8, 4) is 0 Å². The van der Waals surface area contributed by atoms with Gasteiger partial charge in [-0.05, 0) is 24.2 Å². The maximum atomic E-state index is 11.5. The number of hydrogen-bond donors (Lipinski definition) is 4. The monoisotopic (exact) mass is 256 g/mol. The number of amidine groups is 1. The fourth-order valence-electron chi connectivity index (χ4n) is 1.83. The second-order valence-corrected chi connectivity index (χ2v) is 5.57. The maximum absolute atomic E-state index is 11.5. The molecular weight excluding hydrogens is 232 g/mol. The van der Waals surface area contributed by atoms with E-state index in [0.29, 0.717) is 25.4 Å². The summed E-state index contributed by atoms with van der Waals surface area (Å²) in [6, 6.07) is 0. The van der Waals surface area contributed by atoms with E-state index >= 15 is 0 Å². The molecule has 1 fully saturated rings. The average Bonchev–Trinajstić information content (AvgIpc) is 3.06. The summed E-state index contributed by atoms with van der Waals surface area (Å²) in [6.45, 7) is 5.88. The zero-order chi connectivity index (χ0) is 13.6. The first-order chi connectivity index (χ1) is 8.47. The molecule has 0 bridgehead atoms. The van der Waals surface area contributed by atoms with Gasteiger partial charge in [0.25, 0.3) is 0 Å².